The van der Waals surface area contributed by atoms with E-state index in [1.807, 2.05) is 27.7 Å². The number of epoxide rings is 1. The Balaban J connectivity index is 1.93. The molecule has 1 aromatic heterocycles. The van der Waals surface area contributed by atoms with Gasteiger partial charge in [0.25, 0.3) is 0 Å². The topological polar surface area (TPSA) is 113 Å². The zero-order valence-electron chi connectivity index (χ0n) is 17.0. The third kappa shape index (κ3) is 2.62. The molecule has 3 N–H and O–H groups in total. The summed E-state index contributed by atoms with van der Waals surface area (Å²) in [6.45, 7) is 7.41. The molecular weight excluding hydrogens is 388 g/mol. The van der Waals surface area contributed by atoms with Crippen LogP contribution in [0, 0.1) is 0 Å². The van der Waals surface area contributed by atoms with Gasteiger partial charge in [0.15, 0.2) is 5.58 Å². The highest BCUT2D eigenvalue weighted by atomic mass is 16.6. The molecule has 0 radical (unpaired) electrons. The zero-order valence-corrected chi connectivity index (χ0v) is 17.0. The molecule has 156 valence electrons. The third-order valence-electron chi connectivity index (χ3n) is 5.76. The van der Waals surface area contributed by atoms with Crippen molar-refractivity contribution in [3.05, 3.63) is 45.6 Å². The summed E-state index contributed by atoms with van der Waals surface area (Å²) in [6, 6.07) is 4.17. The first-order valence-electron chi connectivity index (χ1n) is 9.73. The van der Waals surface area contributed by atoms with Crippen molar-refractivity contribution in [1.29, 1.82) is 0 Å². The first kappa shape index (κ1) is 19.0. The maximum atomic E-state index is 13.3. The Labute approximate surface area is 171 Å². The molecule has 1 unspecified atom stereocenters. The fourth-order valence-electron chi connectivity index (χ4n) is 4.08. The van der Waals surface area contributed by atoms with Crippen molar-refractivity contribution in [1.82, 2.24) is 0 Å². The summed E-state index contributed by atoms with van der Waals surface area (Å²) in [5, 5.41) is 32.0. The van der Waals surface area contributed by atoms with Gasteiger partial charge in [0.2, 0.25) is 5.43 Å². The van der Waals surface area contributed by atoms with Crippen LogP contribution < -0.4 is 10.2 Å². The van der Waals surface area contributed by atoms with Gasteiger partial charge in [-0.25, -0.2) is 0 Å². The molecule has 1 saturated heterocycles. The Bertz CT molecular complexity index is 1310. The second-order valence-electron chi connectivity index (χ2n) is 8.95. The van der Waals surface area contributed by atoms with Gasteiger partial charge >= 0.3 is 0 Å². The van der Waals surface area contributed by atoms with Crippen LogP contribution in [0.2, 0.25) is 0 Å². The van der Waals surface area contributed by atoms with Gasteiger partial charge < -0.3 is 29.2 Å². The highest BCUT2D eigenvalue weighted by Crippen LogP contribution is 2.52. The van der Waals surface area contributed by atoms with Crippen LogP contribution in [0.5, 0.6) is 17.2 Å². The molecule has 0 bridgehead atoms. The molecule has 2 atom stereocenters. The number of hydrogen-bond donors (Lipinski definition) is 3. The van der Waals surface area contributed by atoms with Crippen molar-refractivity contribution in [2.45, 2.75) is 51.1 Å². The van der Waals surface area contributed by atoms with Crippen LogP contribution in [0.25, 0.3) is 28.0 Å². The van der Waals surface area contributed by atoms with Crippen LogP contribution in [0.4, 0.5) is 0 Å². The Kier molecular flexibility index (Phi) is 3.65. The maximum Gasteiger partial charge on any atom is 0.204 e. The smallest absolute Gasteiger partial charge is 0.204 e. The van der Waals surface area contributed by atoms with Crippen LogP contribution in [0.15, 0.2) is 33.5 Å². The second-order valence-corrected chi connectivity index (χ2v) is 8.95. The summed E-state index contributed by atoms with van der Waals surface area (Å²) < 4.78 is 17.8. The summed E-state index contributed by atoms with van der Waals surface area (Å²) >= 11 is 0. The molecule has 1 fully saturated rings. The number of benzene rings is 2. The lowest BCUT2D eigenvalue weighted by Crippen LogP contribution is -2.29. The van der Waals surface area contributed by atoms with Crippen LogP contribution in [0.3, 0.4) is 0 Å². The minimum Gasteiger partial charge on any atom is -0.508 e. The lowest BCUT2D eigenvalue weighted by molar-refractivity contribution is 0.118. The van der Waals surface area contributed by atoms with Crippen LogP contribution >= 0.6 is 0 Å². The van der Waals surface area contributed by atoms with E-state index in [2.05, 4.69) is 0 Å². The van der Waals surface area contributed by atoms with Crippen LogP contribution in [0.1, 0.15) is 44.9 Å². The van der Waals surface area contributed by atoms with Gasteiger partial charge in [-0.15, -0.1) is 0 Å². The number of fused-ring (bicyclic) bond motifs is 3. The second kappa shape index (κ2) is 5.77. The fraction of sp³-hybridized carbons (Fsp3) is 0.348. The number of aromatic hydroxyl groups is 2. The van der Waals surface area contributed by atoms with Gasteiger partial charge in [-0.2, -0.15) is 0 Å². The van der Waals surface area contributed by atoms with Gasteiger partial charge in [0, 0.05) is 0 Å². The third-order valence-corrected chi connectivity index (χ3v) is 5.76. The minimum atomic E-state index is -1.14. The molecular formula is C23H22O7. The molecule has 0 aliphatic carbocycles. The molecule has 7 heteroatoms. The number of phenols is 2. The SMILES string of the molecule is CC1(C)C=Cc2c(c(C(O)[C@@H]3OC3(C)C)c3oc4ccc(O)cc4c(=O)c3c2O)O1. The minimum absolute atomic E-state index is 0.0411. The van der Waals surface area contributed by atoms with Gasteiger partial charge in [0.05, 0.1) is 22.1 Å². The van der Waals surface area contributed by atoms with Crippen molar-refractivity contribution < 1.29 is 29.2 Å². The van der Waals surface area contributed by atoms with Gasteiger partial charge in [-0.3, -0.25) is 4.79 Å². The molecule has 2 aliphatic rings. The van der Waals surface area contributed by atoms with E-state index in [0.717, 1.165) is 0 Å². The Hall–Kier alpha value is -3.03. The van der Waals surface area contributed by atoms with E-state index < -0.39 is 28.8 Å². The summed E-state index contributed by atoms with van der Waals surface area (Å²) in [5.41, 5.74) is -0.924. The lowest BCUT2D eigenvalue weighted by atomic mass is 9.91. The average molecular weight is 410 g/mol. The van der Waals surface area contributed by atoms with E-state index in [-0.39, 0.29) is 44.8 Å². The Morgan fingerprint density at radius 3 is 2.50 bits per heavy atom. The van der Waals surface area contributed by atoms with E-state index >= 15 is 0 Å². The number of hydrogen-bond acceptors (Lipinski definition) is 7. The largest absolute Gasteiger partial charge is 0.508 e. The Morgan fingerprint density at radius 2 is 1.83 bits per heavy atom. The van der Waals surface area contributed by atoms with Crippen molar-refractivity contribution >= 4 is 28.0 Å². The number of rotatable bonds is 2. The average Bonchev–Trinajstić information content (AvgIpc) is 3.29. The molecule has 0 amide bonds. The highest BCUT2D eigenvalue weighted by molar-refractivity contribution is 5.99. The molecule has 2 aromatic carbocycles. The molecule has 0 spiro atoms. The van der Waals surface area contributed by atoms with E-state index in [1.54, 1.807) is 12.2 Å². The molecule has 5 rings (SSSR count). The number of aliphatic hydroxyl groups is 1. The van der Waals surface area contributed by atoms with Gasteiger partial charge in [-0.05, 0) is 58.0 Å². The molecule has 3 aromatic rings. The number of aliphatic hydroxyl groups excluding tert-OH is 1. The van der Waals surface area contributed by atoms with E-state index in [1.165, 1.54) is 18.2 Å². The summed E-state index contributed by atoms with van der Waals surface area (Å²) in [6.07, 6.45) is 1.78. The maximum absolute atomic E-state index is 13.3. The highest BCUT2D eigenvalue weighted by Gasteiger charge is 2.54. The lowest BCUT2D eigenvalue weighted by Gasteiger charge is -2.31. The predicted molar refractivity (Wildman–Crippen MR) is 111 cm³/mol. The van der Waals surface area contributed by atoms with E-state index in [4.69, 9.17) is 13.9 Å². The van der Waals surface area contributed by atoms with Crippen molar-refractivity contribution in [2.24, 2.45) is 0 Å². The zero-order chi connectivity index (χ0) is 21.6. The predicted octanol–water partition coefficient (Wildman–Crippen LogP) is 3.75. The first-order chi connectivity index (χ1) is 14.0. The standard InChI is InChI=1S/C23H22O7/c1-22(2)8-7-11-16(25)14-17(26)12-9-10(24)5-6-13(12)28-20(14)15(19(11)29-22)18(27)21-23(3,4)30-21/h5-9,18,21,24-25,27H,1-4H3/t18?,21-/m0/s1. The summed E-state index contributed by atoms with van der Waals surface area (Å²) in [5.74, 6) is -0.129. The monoisotopic (exact) mass is 410 g/mol. The molecule has 0 saturated carbocycles. The molecule has 3 heterocycles. The molecule has 7 nitrogen and oxygen atoms in total. The quantitative estimate of drug-likeness (QED) is 0.436. The molecule has 2 aliphatic heterocycles. The summed E-state index contributed by atoms with van der Waals surface area (Å²) in [4.78, 5) is 13.3. The summed E-state index contributed by atoms with van der Waals surface area (Å²) in [7, 11) is 0. The Morgan fingerprint density at radius 1 is 1.13 bits per heavy atom. The van der Waals surface area contributed by atoms with E-state index in [0.29, 0.717) is 5.56 Å². The van der Waals surface area contributed by atoms with Gasteiger partial charge in [-0.1, -0.05) is 0 Å². The van der Waals surface area contributed by atoms with Crippen molar-refractivity contribution in [3.8, 4) is 17.2 Å². The molecule has 30 heavy (non-hydrogen) atoms. The van der Waals surface area contributed by atoms with Crippen molar-refractivity contribution in [2.75, 3.05) is 0 Å². The number of phenolic OH excluding ortho intramolecular Hbond substituents is 2. The van der Waals surface area contributed by atoms with Crippen LogP contribution in [-0.4, -0.2) is 32.6 Å². The van der Waals surface area contributed by atoms with Crippen LogP contribution in [-0.2, 0) is 4.74 Å². The fourth-order valence-corrected chi connectivity index (χ4v) is 4.08. The first-order valence-corrected chi connectivity index (χ1v) is 9.73. The normalized spacial score (nSPS) is 22.0. The van der Waals surface area contributed by atoms with E-state index in [9.17, 15) is 20.1 Å². The van der Waals surface area contributed by atoms with Gasteiger partial charge in [0.1, 0.15) is 46.0 Å². The number of ether oxygens (including phenoxy) is 2. The van der Waals surface area contributed by atoms with Crippen molar-refractivity contribution in [3.63, 3.8) is 0 Å².